The molecule has 0 spiro atoms. The minimum Gasteiger partial charge on any atom is -0.0885 e. The molecule has 1 unspecified atom stereocenters. The molecule has 74 valence electrons. The van der Waals surface area contributed by atoms with E-state index in [-0.39, 0.29) is 0 Å². The van der Waals surface area contributed by atoms with Crippen molar-refractivity contribution in [3.8, 4) is 0 Å². The second kappa shape index (κ2) is 4.13. The number of alkyl halides is 1. The van der Waals surface area contributed by atoms with Gasteiger partial charge in [-0.15, -0.1) is 0 Å². The van der Waals surface area contributed by atoms with Crippen molar-refractivity contribution in [2.45, 2.75) is 59.2 Å². The predicted molar refractivity (Wildman–Crippen MR) is 60.9 cm³/mol. The number of hydrogen-bond acceptors (Lipinski definition) is 0. The highest BCUT2D eigenvalue weighted by Crippen LogP contribution is 2.33. The zero-order valence-electron chi connectivity index (χ0n) is 9.37. The molecule has 0 rings (SSSR count). The van der Waals surface area contributed by atoms with E-state index in [2.05, 4.69) is 57.5 Å². The summed E-state index contributed by atoms with van der Waals surface area (Å²) in [5, 5.41) is 0. The van der Waals surface area contributed by atoms with Gasteiger partial charge in [0.25, 0.3) is 0 Å². The first-order valence-corrected chi connectivity index (χ1v) is 5.68. The maximum atomic E-state index is 3.75. The van der Waals surface area contributed by atoms with Crippen molar-refractivity contribution in [3.63, 3.8) is 0 Å². The van der Waals surface area contributed by atoms with Gasteiger partial charge in [0.05, 0.1) is 0 Å². The molecule has 0 saturated carbocycles. The molecule has 0 bridgehead atoms. The molecule has 1 atom stereocenters. The Morgan fingerprint density at radius 1 is 1.00 bits per heavy atom. The van der Waals surface area contributed by atoms with Crippen LogP contribution in [-0.2, 0) is 0 Å². The molecule has 0 aromatic heterocycles. The Morgan fingerprint density at radius 3 is 1.67 bits per heavy atom. The molecule has 1 heteroatoms. The third kappa shape index (κ3) is 6.05. The number of rotatable bonds is 2. The van der Waals surface area contributed by atoms with E-state index >= 15 is 0 Å². The van der Waals surface area contributed by atoms with Crippen LogP contribution in [0.2, 0.25) is 0 Å². The average Bonchev–Trinajstić information content (AvgIpc) is 1.78. The minimum absolute atomic E-state index is 0.394. The third-order valence-electron chi connectivity index (χ3n) is 2.09. The summed E-state index contributed by atoms with van der Waals surface area (Å²) in [6.07, 6.45) is 2.56. The maximum Gasteiger partial charge on any atom is 0.0194 e. The molecule has 0 fully saturated rings. The molecule has 0 saturated heterocycles. The van der Waals surface area contributed by atoms with Gasteiger partial charge in [-0.3, -0.25) is 0 Å². The lowest BCUT2D eigenvalue weighted by Crippen LogP contribution is -2.22. The molecule has 0 radical (unpaired) electrons. The van der Waals surface area contributed by atoms with Crippen LogP contribution in [0.15, 0.2) is 0 Å². The van der Waals surface area contributed by atoms with Gasteiger partial charge in [0, 0.05) is 4.83 Å². The van der Waals surface area contributed by atoms with Crippen molar-refractivity contribution >= 4 is 15.9 Å². The van der Waals surface area contributed by atoms with Crippen molar-refractivity contribution in [1.82, 2.24) is 0 Å². The highest BCUT2D eigenvalue weighted by Gasteiger charge is 2.23. The Morgan fingerprint density at radius 2 is 1.42 bits per heavy atom. The summed E-state index contributed by atoms with van der Waals surface area (Å²) in [5.74, 6) is 0. The molecule has 0 N–H and O–H groups in total. The summed E-state index contributed by atoms with van der Waals surface area (Å²) >= 11 is 3.75. The maximum absolute atomic E-state index is 3.75. The molecular formula is C11H23Br. The van der Waals surface area contributed by atoms with Crippen LogP contribution in [0.1, 0.15) is 54.4 Å². The van der Waals surface area contributed by atoms with E-state index < -0.39 is 0 Å². The minimum atomic E-state index is 0.394. The number of hydrogen-bond donors (Lipinski definition) is 0. The monoisotopic (exact) mass is 234 g/mol. The van der Waals surface area contributed by atoms with Crippen LogP contribution < -0.4 is 0 Å². The first kappa shape index (κ1) is 12.5. The standard InChI is InChI=1S/C11H23Br/c1-10(2,3)8-7-9(12)11(4,5)6/h9H,7-8H2,1-6H3. The summed E-state index contributed by atoms with van der Waals surface area (Å²) in [4.78, 5) is 0.643. The molecule has 0 nitrogen and oxygen atoms in total. The van der Waals surface area contributed by atoms with Crippen LogP contribution >= 0.6 is 15.9 Å². The summed E-state index contributed by atoms with van der Waals surface area (Å²) in [5.41, 5.74) is 0.864. The van der Waals surface area contributed by atoms with E-state index in [1.54, 1.807) is 0 Å². The second-order valence-corrected chi connectivity index (χ2v) is 7.04. The Labute approximate surface area is 86.3 Å². The van der Waals surface area contributed by atoms with Crippen molar-refractivity contribution < 1.29 is 0 Å². The molecule has 12 heavy (non-hydrogen) atoms. The van der Waals surface area contributed by atoms with Crippen molar-refractivity contribution in [2.24, 2.45) is 10.8 Å². The zero-order chi connectivity index (χ0) is 9.99. The molecule has 0 aliphatic heterocycles. The van der Waals surface area contributed by atoms with Crippen LogP contribution in [0.4, 0.5) is 0 Å². The highest BCUT2D eigenvalue weighted by atomic mass is 79.9. The summed E-state index contributed by atoms with van der Waals surface area (Å²) < 4.78 is 0. The fraction of sp³-hybridized carbons (Fsp3) is 1.00. The Hall–Kier alpha value is 0.480. The Kier molecular flexibility index (Phi) is 4.29. The lowest BCUT2D eigenvalue weighted by molar-refractivity contribution is 0.314. The van der Waals surface area contributed by atoms with Gasteiger partial charge < -0.3 is 0 Å². The van der Waals surface area contributed by atoms with Crippen LogP contribution in [0.25, 0.3) is 0 Å². The first-order chi connectivity index (χ1) is 5.13. The Bertz CT molecular complexity index is 125. The van der Waals surface area contributed by atoms with Crippen LogP contribution in [0.3, 0.4) is 0 Å². The molecule has 0 aliphatic carbocycles. The van der Waals surface area contributed by atoms with Gasteiger partial charge in [0.1, 0.15) is 0 Å². The summed E-state index contributed by atoms with van der Waals surface area (Å²) in [7, 11) is 0. The SMILES string of the molecule is CC(C)(C)CCC(Br)C(C)(C)C. The van der Waals surface area contributed by atoms with Crippen molar-refractivity contribution in [2.75, 3.05) is 0 Å². The van der Waals surface area contributed by atoms with E-state index in [1.165, 1.54) is 12.8 Å². The van der Waals surface area contributed by atoms with Gasteiger partial charge in [-0.1, -0.05) is 57.5 Å². The van der Waals surface area contributed by atoms with Gasteiger partial charge in [-0.2, -0.15) is 0 Å². The quantitative estimate of drug-likeness (QED) is 0.612. The highest BCUT2D eigenvalue weighted by molar-refractivity contribution is 9.09. The molecule has 0 aliphatic rings. The summed E-state index contributed by atoms with van der Waals surface area (Å²) in [6.45, 7) is 13.8. The first-order valence-electron chi connectivity index (χ1n) is 4.77. The van der Waals surface area contributed by atoms with Gasteiger partial charge in [0.2, 0.25) is 0 Å². The van der Waals surface area contributed by atoms with E-state index in [1.807, 2.05) is 0 Å². The molecule has 0 aromatic rings. The third-order valence-corrected chi connectivity index (χ3v) is 3.92. The van der Waals surface area contributed by atoms with Gasteiger partial charge in [0.15, 0.2) is 0 Å². The fourth-order valence-corrected chi connectivity index (χ4v) is 1.22. The van der Waals surface area contributed by atoms with Crippen LogP contribution in [-0.4, -0.2) is 4.83 Å². The van der Waals surface area contributed by atoms with Gasteiger partial charge >= 0.3 is 0 Å². The van der Waals surface area contributed by atoms with E-state index in [0.717, 1.165) is 0 Å². The molecule has 0 heterocycles. The van der Waals surface area contributed by atoms with Crippen molar-refractivity contribution in [3.05, 3.63) is 0 Å². The second-order valence-electron chi connectivity index (χ2n) is 5.93. The van der Waals surface area contributed by atoms with E-state index in [0.29, 0.717) is 15.7 Å². The normalized spacial score (nSPS) is 16.2. The van der Waals surface area contributed by atoms with Crippen LogP contribution in [0, 0.1) is 10.8 Å². The van der Waals surface area contributed by atoms with Gasteiger partial charge in [-0.05, 0) is 23.7 Å². The average molecular weight is 235 g/mol. The predicted octanol–water partition coefficient (Wildman–Crippen LogP) is 4.62. The Balaban J connectivity index is 3.80. The largest absolute Gasteiger partial charge is 0.0885 e. The van der Waals surface area contributed by atoms with Crippen LogP contribution in [0.5, 0.6) is 0 Å². The van der Waals surface area contributed by atoms with E-state index in [9.17, 15) is 0 Å². The molecule has 0 aromatic carbocycles. The van der Waals surface area contributed by atoms with Gasteiger partial charge in [-0.25, -0.2) is 0 Å². The molecule has 0 amide bonds. The fourth-order valence-electron chi connectivity index (χ4n) is 0.993. The van der Waals surface area contributed by atoms with E-state index in [4.69, 9.17) is 0 Å². The number of halogens is 1. The smallest absolute Gasteiger partial charge is 0.0194 e. The zero-order valence-corrected chi connectivity index (χ0v) is 11.0. The van der Waals surface area contributed by atoms with Crippen molar-refractivity contribution in [1.29, 1.82) is 0 Å². The molecular weight excluding hydrogens is 212 g/mol. The lowest BCUT2D eigenvalue weighted by Gasteiger charge is -2.28. The lowest BCUT2D eigenvalue weighted by atomic mass is 9.84. The summed E-state index contributed by atoms with van der Waals surface area (Å²) in [6, 6.07) is 0. The topological polar surface area (TPSA) is 0 Å².